The van der Waals surface area contributed by atoms with Crippen molar-refractivity contribution in [1.29, 1.82) is 0 Å². The van der Waals surface area contributed by atoms with Gasteiger partial charge < -0.3 is 24.4 Å². The lowest BCUT2D eigenvalue weighted by Gasteiger charge is -2.32. The quantitative estimate of drug-likeness (QED) is 0.624. The topological polar surface area (TPSA) is 106 Å². The average molecular weight is 464 g/mol. The molecule has 1 heterocycles. The molecule has 0 atom stereocenters. The Morgan fingerprint density at radius 2 is 1.69 bits per heavy atom. The molecule has 2 N–H and O–H groups in total. The number of sulfonamides is 1. The van der Waals surface area contributed by atoms with E-state index in [1.807, 2.05) is 12.1 Å². The summed E-state index contributed by atoms with van der Waals surface area (Å²) in [5.74, 6) is 1.46. The summed E-state index contributed by atoms with van der Waals surface area (Å²) >= 11 is 0. The summed E-state index contributed by atoms with van der Waals surface area (Å²) in [6.07, 6.45) is 1.39. The van der Waals surface area contributed by atoms with Crippen molar-refractivity contribution in [3.05, 3.63) is 42.5 Å². The molecule has 1 saturated heterocycles. The highest BCUT2D eigenvalue weighted by Crippen LogP contribution is 2.29. The highest BCUT2D eigenvalue weighted by molar-refractivity contribution is 7.89. The summed E-state index contributed by atoms with van der Waals surface area (Å²) < 4.78 is 43.8. The molecule has 2 aromatic rings. The van der Waals surface area contributed by atoms with Crippen molar-refractivity contribution in [1.82, 2.24) is 9.62 Å². The van der Waals surface area contributed by atoms with Crippen LogP contribution in [-0.2, 0) is 10.0 Å². The second-order valence-corrected chi connectivity index (χ2v) is 9.16. The molecule has 0 bridgehead atoms. The first-order valence-corrected chi connectivity index (χ1v) is 11.8. The first-order valence-electron chi connectivity index (χ1n) is 10.3. The molecule has 2 amide bonds. The third-order valence-electron chi connectivity index (χ3n) is 5.47. The first kappa shape index (κ1) is 23.7. The summed E-state index contributed by atoms with van der Waals surface area (Å²) in [5.41, 5.74) is 0.614. The van der Waals surface area contributed by atoms with E-state index in [2.05, 4.69) is 10.0 Å². The van der Waals surface area contributed by atoms with E-state index in [9.17, 15) is 13.2 Å². The molecule has 0 aliphatic carbocycles. The third kappa shape index (κ3) is 5.63. The molecule has 0 aromatic heterocycles. The SMILES string of the molecule is COc1ccc(S(=O)(=O)NCC2CCN(C(=O)Nc3ccccc3OC)CC2)c(OC)c1. The van der Waals surface area contributed by atoms with Gasteiger partial charge in [-0.15, -0.1) is 0 Å². The normalized spacial score (nSPS) is 14.7. The maximum atomic E-state index is 12.8. The molecule has 32 heavy (non-hydrogen) atoms. The van der Waals surface area contributed by atoms with Crippen LogP contribution in [0.3, 0.4) is 0 Å². The summed E-state index contributed by atoms with van der Waals surface area (Å²) in [7, 11) is 0.732. The zero-order valence-electron chi connectivity index (χ0n) is 18.5. The number of likely N-dealkylation sites (tertiary alicyclic amines) is 1. The molecule has 174 valence electrons. The van der Waals surface area contributed by atoms with Crippen LogP contribution in [-0.4, -0.2) is 60.3 Å². The summed E-state index contributed by atoms with van der Waals surface area (Å²) in [5, 5.41) is 2.87. The molecule has 1 aliphatic rings. The largest absolute Gasteiger partial charge is 0.497 e. The van der Waals surface area contributed by atoms with E-state index in [4.69, 9.17) is 14.2 Å². The number of para-hydroxylation sites is 2. The predicted octanol–water partition coefficient (Wildman–Crippen LogP) is 2.93. The van der Waals surface area contributed by atoms with E-state index < -0.39 is 10.0 Å². The Labute approximate surface area is 188 Å². The number of hydrogen-bond donors (Lipinski definition) is 2. The van der Waals surface area contributed by atoms with Gasteiger partial charge in [-0.2, -0.15) is 0 Å². The fraction of sp³-hybridized carbons (Fsp3) is 0.409. The zero-order valence-corrected chi connectivity index (χ0v) is 19.3. The van der Waals surface area contributed by atoms with Crippen molar-refractivity contribution in [2.24, 2.45) is 5.92 Å². The van der Waals surface area contributed by atoms with Gasteiger partial charge in [-0.05, 0) is 43.0 Å². The molecule has 9 nitrogen and oxygen atoms in total. The number of amides is 2. The smallest absolute Gasteiger partial charge is 0.321 e. The second kappa shape index (κ2) is 10.6. The molecule has 0 spiro atoms. The summed E-state index contributed by atoms with van der Waals surface area (Å²) in [6, 6.07) is 11.6. The molecule has 3 rings (SSSR count). The Hall–Kier alpha value is -2.98. The zero-order chi connectivity index (χ0) is 23.1. The highest BCUT2D eigenvalue weighted by Gasteiger charge is 2.26. The number of ether oxygens (including phenoxy) is 3. The summed E-state index contributed by atoms with van der Waals surface area (Å²) in [6.45, 7) is 1.37. The predicted molar refractivity (Wildman–Crippen MR) is 121 cm³/mol. The van der Waals surface area contributed by atoms with Crippen LogP contribution in [0.2, 0.25) is 0 Å². The number of methoxy groups -OCH3 is 3. The maximum Gasteiger partial charge on any atom is 0.321 e. The first-order chi connectivity index (χ1) is 15.4. The Balaban J connectivity index is 1.53. The molecule has 10 heteroatoms. The van der Waals surface area contributed by atoms with Gasteiger partial charge in [-0.1, -0.05) is 12.1 Å². The van der Waals surface area contributed by atoms with Crippen molar-refractivity contribution in [3.8, 4) is 17.2 Å². The lowest BCUT2D eigenvalue weighted by atomic mass is 9.97. The molecule has 0 saturated carbocycles. The van der Waals surface area contributed by atoms with E-state index in [1.165, 1.54) is 26.4 Å². The number of carbonyl (C=O) groups is 1. The lowest BCUT2D eigenvalue weighted by Crippen LogP contribution is -2.43. The van der Waals surface area contributed by atoms with Gasteiger partial charge in [0.15, 0.2) is 0 Å². The minimum atomic E-state index is -3.74. The number of piperidine rings is 1. The summed E-state index contributed by atoms with van der Waals surface area (Å²) in [4.78, 5) is 14.4. The molecular weight excluding hydrogens is 434 g/mol. The van der Waals surface area contributed by atoms with Gasteiger partial charge in [0.25, 0.3) is 0 Å². The number of nitrogens with zero attached hydrogens (tertiary/aromatic N) is 1. The van der Waals surface area contributed by atoms with Crippen molar-refractivity contribution in [2.45, 2.75) is 17.7 Å². The number of hydrogen-bond acceptors (Lipinski definition) is 6. The highest BCUT2D eigenvalue weighted by atomic mass is 32.2. The fourth-order valence-electron chi connectivity index (χ4n) is 3.58. The van der Waals surface area contributed by atoms with Gasteiger partial charge >= 0.3 is 6.03 Å². The number of urea groups is 1. The van der Waals surface area contributed by atoms with Crippen LogP contribution >= 0.6 is 0 Å². The Morgan fingerprint density at radius 3 is 2.34 bits per heavy atom. The van der Waals surface area contributed by atoms with E-state index in [1.54, 1.807) is 30.2 Å². The van der Waals surface area contributed by atoms with Gasteiger partial charge in [0.05, 0.1) is 27.0 Å². The number of anilines is 1. The van der Waals surface area contributed by atoms with Crippen molar-refractivity contribution in [2.75, 3.05) is 46.3 Å². The van der Waals surface area contributed by atoms with Gasteiger partial charge in [0, 0.05) is 25.7 Å². The minimum Gasteiger partial charge on any atom is -0.497 e. The van der Waals surface area contributed by atoms with E-state index >= 15 is 0 Å². The number of carbonyl (C=O) groups excluding carboxylic acids is 1. The second-order valence-electron chi connectivity index (χ2n) is 7.43. The Morgan fingerprint density at radius 1 is 1.00 bits per heavy atom. The Kier molecular flexibility index (Phi) is 7.81. The average Bonchev–Trinajstić information content (AvgIpc) is 2.83. The van der Waals surface area contributed by atoms with Crippen LogP contribution in [0.4, 0.5) is 10.5 Å². The van der Waals surface area contributed by atoms with Gasteiger partial charge in [0.1, 0.15) is 22.1 Å². The Bertz CT molecular complexity index is 1040. The van der Waals surface area contributed by atoms with Gasteiger partial charge in [0.2, 0.25) is 10.0 Å². The van der Waals surface area contributed by atoms with Gasteiger partial charge in [-0.3, -0.25) is 0 Å². The standard InChI is InChI=1S/C22H29N3O6S/c1-29-17-8-9-21(20(14-17)31-3)32(27,28)23-15-16-10-12-25(13-11-16)22(26)24-18-6-4-5-7-19(18)30-2/h4-9,14,16,23H,10-13,15H2,1-3H3,(H,24,26). The van der Waals surface area contributed by atoms with Crippen molar-refractivity contribution in [3.63, 3.8) is 0 Å². The number of benzene rings is 2. The molecule has 1 aliphatic heterocycles. The monoisotopic (exact) mass is 463 g/mol. The number of rotatable bonds is 8. The van der Waals surface area contributed by atoms with Crippen molar-refractivity contribution >= 4 is 21.7 Å². The maximum absolute atomic E-state index is 12.8. The third-order valence-corrected chi connectivity index (χ3v) is 6.94. The molecule has 0 radical (unpaired) electrons. The van der Waals surface area contributed by atoms with E-state index in [0.717, 1.165) is 0 Å². The van der Waals surface area contributed by atoms with E-state index in [0.29, 0.717) is 49.7 Å². The lowest BCUT2D eigenvalue weighted by molar-refractivity contribution is 0.183. The van der Waals surface area contributed by atoms with Crippen LogP contribution < -0.4 is 24.2 Å². The van der Waals surface area contributed by atoms with Crippen LogP contribution in [0.15, 0.2) is 47.4 Å². The number of nitrogens with one attached hydrogen (secondary N) is 2. The fourth-order valence-corrected chi connectivity index (χ4v) is 4.85. The van der Waals surface area contributed by atoms with Crippen LogP contribution in [0, 0.1) is 5.92 Å². The van der Waals surface area contributed by atoms with Gasteiger partial charge in [-0.25, -0.2) is 17.9 Å². The van der Waals surface area contributed by atoms with E-state index in [-0.39, 0.29) is 22.6 Å². The minimum absolute atomic E-state index is 0.0643. The van der Waals surface area contributed by atoms with Crippen LogP contribution in [0.1, 0.15) is 12.8 Å². The molecule has 1 fully saturated rings. The molecule has 2 aromatic carbocycles. The van der Waals surface area contributed by atoms with Crippen LogP contribution in [0.25, 0.3) is 0 Å². The molecular formula is C22H29N3O6S. The van der Waals surface area contributed by atoms with Crippen molar-refractivity contribution < 1.29 is 27.4 Å². The molecule has 0 unspecified atom stereocenters. The van der Waals surface area contributed by atoms with Crippen LogP contribution in [0.5, 0.6) is 17.2 Å².